The lowest BCUT2D eigenvalue weighted by Crippen LogP contribution is -2.51. The molecule has 0 radical (unpaired) electrons. The Labute approximate surface area is 238 Å². The van der Waals surface area contributed by atoms with Gasteiger partial charge in [-0.25, -0.2) is 0 Å². The number of piperazine rings is 1. The lowest BCUT2D eigenvalue weighted by Gasteiger charge is -2.36. The normalized spacial score (nSPS) is 23.5. The first-order chi connectivity index (χ1) is 20.0. The van der Waals surface area contributed by atoms with E-state index in [0.717, 1.165) is 70.7 Å². The zero-order valence-electron chi connectivity index (χ0n) is 23.6. The molecule has 2 unspecified atom stereocenters. The van der Waals surface area contributed by atoms with Crippen LogP contribution in [0, 0.1) is 0 Å². The number of aromatic nitrogens is 2. The number of anilines is 1. The van der Waals surface area contributed by atoms with E-state index in [1.165, 1.54) is 38.5 Å². The second-order valence-electron chi connectivity index (χ2n) is 12.6. The molecule has 0 spiro atoms. The Kier molecular flexibility index (Phi) is 5.80. The Hall–Kier alpha value is -3.62. The maximum atomic E-state index is 14.0. The minimum absolute atomic E-state index is 0.0266. The summed E-state index contributed by atoms with van der Waals surface area (Å²) in [5.74, 6) is 0.814. The summed E-state index contributed by atoms with van der Waals surface area (Å²) in [6, 6.07) is 16.1. The van der Waals surface area contributed by atoms with Crippen molar-refractivity contribution in [1.82, 2.24) is 19.8 Å². The maximum Gasteiger partial charge on any atom is 0.249 e. The molecule has 6 heterocycles. The number of fused-ring (bicyclic) bond motifs is 5. The van der Waals surface area contributed by atoms with Gasteiger partial charge in [-0.3, -0.25) is 14.5 Å². The number of rotatable bonds is 5. The third kappa shape index (κ3) is 4.10. The molecule has 4 aliphatic heterocycles. The van der Waals surface area contributed by atoms with Crippen LogP contribution in [0.2, 0.25) is 0 Å². The van der Waals surface area contributed by atoms with Gasteiger partial charge in [-0.05, 0) is 57.7 Å². The second-order valence-corrected chi connectivity index (χ2v) is 12.6. The average Bonchev–Trinajstić information content (AvgIpc) is 3.66. The topological polar surface area (TPSA) is 82.6 Å². The van der Waals surface area contributed by atoms with Crippen molar-refractivity contribution in [2.24, 2.45) is 7.05 Å². The highest BCUT2D eigenvalue weighted by Gasteiger charge is 2.45. The van der Waals surface area contributed by atoms with Crippen molar-refractivity contribution >= 4 is 27.5 Å². The molecule has 8 nitrogen and oxygen atoms in total. The quantitative estimate of drug-likeness (QED) is 0.390. The Morgan fingerprint density at radius 1 is 0.976 bits per heavy atom. The van der Waals surface area contributed by atoms with Gasteiger partial charge in [0.25, 0.3) is 0 Å². The summed E-state index contributed by atoms with van der Waals surface area (Å²) in [6.45, 7) is 4.78. The number of nitrogens with zero attached hydrogens (tertiary/aromatic N) is 3. The van der Waals surface area contributed by atoms with Crippen LogP contribution in [0.5, 0.6) is 5.75 Å². The van der Waals surface area contributed by atoms with Crippen molar-refractivity contribution in [1.29, 1.82) is 0 Å². The van der Waals surface area contributed by atoms with Gasteiger partial charge in [0.1, 0.15) is 12.4 Å². The molecule has 0 amide bonds. The van der Waals surface area contributed by atoms with Gasteiger partial charge in [-0.1, -0.05) is 18.2 Å². The summed E-state index contributed by atoms with van der Waals surface area (Å²) in [4.78, 5) is 34.6. The van der Waals surface area contributed by atoms with Crippen LogP contribution >= 0.6 is 0 Å². The van der Waals surface area contributed by atoms with Crippen molar-refractivity contribution < 1.29 is 4.74 Å². The van der Waals surface area contributed by atoms with Crippen molar-refractivity contribution in [2.75, 3.05) is 37.7 Å². The van der Waals surface area contributed by atoms with Crippen LogP contribution in [0.3, 0.4) is 0 Å². The van der Waals surface area contributed by atoms with Gasteiger partial charge in [0.15, 0.2) is 5.43 Å². The van der Waals surface area contributed by atoms with E-state index < -0.39 is 0 Å². The molecule has 0 aliphatic carbocycles. The molecule has 2 N–H and O–H groups in total. The maximum absolute atomic E-state index is 14.0. The molecule has 8 heteroatoms. The molecule has 0 saturated carbocycles. The molecule has 2 atom stereocenters. The summed E-state index contributed by atoms with van der Waals surface area (Å²) in [5, 5.41) is 5.36. The highest BCUT2D eigenvalue weighted by molar-refractivity contribution is 5.98. The van der Waals surface area contributed by atoms with E-state index in [9.17, 15) is 9.59 Å². The standard InChI is InChI=1S/C33H37N5O3/c1-36-27(25-16-31(40)35-26-7-3-2-6-24(25)26)17-30(39)32-28(36)14-23(41-20-33-10-4-12-38(33)13-5-11-33)15-29(32)37-18-21-8-9-22(19-37)34-21/h2-3,6-7,14-17,21-22,34H,4-5,8-13,18-20H2,1H3,(H,35,40). The number of para-hydroxylation sites is 1. The van der Waals surface area contributed by atoms with Crippen LogP contribution < -0.4 is 25.9 Å². The highest BCUT2D eigenvalue weighted by Crippen LogP contribution is 2.40. The molecule has 4 saturated heterocycles. The molecular formula is C33H37N5O3. The number of hydrogen-bond donors (Lipinski definition) is 2. The fourth-order valence-corrected chi connectivity index (χ4v) is 8.21. The molecule has 212 valence electrons. The average molecular weight is 552 g/mol. The number of H-pyrrole nitrogens is 1. The molecule has 4 aliphatic rings. The number of aromatic amines is 1. The summed E-state index contributed by atoms with van der Waals surface area (Å²) in [6.07, 6.45) is 7.19. The monoisotopic (exact) mass is 551 g/mol. The van der Waals surface area contributed by atoms with Gasteiger partial charge in [-0.2, -0.15) is 0 Å². The third-order valence-electron chi connectivity index (χ3n) is 10.2. The molecule has 41 heavy (non-hydrogen) atoms. The van der Waals surface area contributed by atoms with Crippen LogP contribution in [0.4, 0.5) is 5.69 Å². The Balaban J connectivity index is 1.29. The Morgan fingerprint density at radius 3 is 2.51 bits per heavy atom. The third-order valence-corrected chi connectivity index (χ3v) is 10.2. The zero-order valence-corrected chi connectivity index (χ0v) is 23.6. The minimum Gasteiger partial charge on any atom is -0.492 e. The van der Waals surface area contributed by atoms with Crippen LogP contribution in [-0.2, 0) is 7.05 Å². The Bertz CT molecular complexity index is 1770. The number of hydrogen-bond acceptors (Lipinski definition) is 6. The SMILES string of the molecule is Cn1c(-c2cc(=O)[nH]c3ccccc23)cc(=O)c2c(N3CC4CCC(C3)N4)cc(OCC34CCCN3CCC4)cc21. The fraction of sp³-hybridized carbons (Fsp3) is 0.455. The van der Waals surface area contributed by atoms with Gasteiger partial charge >= 0.3 is 0 Å². The van der Waals surface area contributed by atoms with E-state index in [4.69, 9.17) is 4.74 Å². The van der Waals surface area contributed by atoms with Gasteiger partial charge < -0.3 is 24.5 Å². The van der Waals surface area contributed by atoms with E-state index in [-0.39, 0.29) is 16.5 Å². The molecule has 2 aromatic heterocycles. The van der Waals surface area contributed by atoms with Gasteiger partial charge in [0.05, 0.1) is 27.8 Å². The van der Waals surface area contributed by atoms with E-state index in [0.29, 0.717) is 18.7 Å². The van der Waals surface area contributed by atoms with Gasteiger partial charge in [0, 0.05) is 73.0 Å². The number of ether oxygens (including phenoxy) is 1. The number of pyridine rings is 2. The molecule has 8 rings (SSSR count). The molecule has 2 aromatic carbocycles. The molecule has 2 bridgehead atoms. The minimum atomic E-state index is -0.183. The number of aryl methyl sites for hydroxylation is 1. The Morgan fingerprint density at radius 2 is 1.73 bits per heavy atom. The first-order valence-electron chi connectivity index (χ1n) is 15.2. The zero-order chi connectivity index (χ0) is 27.7. The van der Waals surface area contributed by atoms with Gasteiger partial charge in [0.2, 0.25) is 5.56 Å². The van der Waals surface area contributed by atoms with Crippen LogP contribution in [0.1, 0.15) is 38.5 Å². The van der Waals surface area contributed by atoms with E-state index in [2.05, 4.69) is 30.7 Å². The summed E-state index contributed by atoms with van der Waals surface area (Å²) in [7, 11) is 2.00. The highest BCUT2D eigenvalue weighted by atomic mass is 16.5. The fourth-order valence-electron chi connectivity index (χ4n) is 8.21. The molecular weight excluding hydrogens is 514 g/mol. The molecule has 4 aromatic rings. The summed E-state index contributed by atoms with van der Waals surface area (Å²) < 4.78 is 8.75. The first-order valence-corrected chi connectivity index (χ1v) is 15.2. The summed E-state index contributed by atoms with van der Waals surface area (Å²) in [5.41, 5.74) is 3.97. The largest absolute Gasteiger partial charge is 0.492 e. The van der Waals surface area contributed by atoms with Crippen LogP contribution in [0.15, 0.2) is 58.1 Å². The first kappa shape index (κ1) is 25.1. The number of nitrogens with one attached hydrogen (secondary N) is 2. The van der Waals surface area contributed by atoms with E-state index in [1.54, 1.807) is 12.1 Å². The van der Waals surface area contributed by atoms with E-state index >= 15 is 0 Å². The van der Waals surface area contributed by atoms with Crippen molar-refractivity contribution in [3.05, 3.63) is 69.1 Å². The summed E-state index contributed by atoms with van der Waals surface area (Å²) >= 11 is 0. The predicted molar refractivity (Wildman–Crippen MR) is 163 cm³/mol. The smallest absolute Gasteiger partial charge is 0.249 e. The van der Waals surface area contributed by atoms with Crippen molar-refractivity contribution in [3.63, 3.8) is 0 Å². The number of benzene rings is 2. The van der Waals surface area contributed by atoms with Crippen molar-refractivity contribution in [2.45, 2.75) is 56.1 Å². The van der Waals surface area contributed by atoms with Gasteiger partial charge in [-0.15, -0.1) is 0 Å². The predicted octanol–water partition coefficient (Wildman–Crippen LogP) is 3.99. The van der Waals surface area contributed by atoms with Crippen LogP contribution in [0.25, 0.3) is 33.1 Å². The van der Waals surface area contributed by atoms with Crippen molar-refractivity contribution in [3.8, 4) is 17.0 Å². The lowest BCUT2D eigenvalue weighted by atomic mass is 9.95. The van der Waals surface area contributed by atoms with E-state index in [1.807, 2.05) is 37.4 Å². The molecule has 4 fully saturated rings. The van der Waals surface area contributed by atoms with Crippen LogP contribution in [-0.4, -0.2) is 64.9 Å². The second kappa shape index (κ2) is 9.46. The lowest BCUT2D eigenvalue weighted by molar-refractivity contribution is 0.114.